The fraction of sp³-hybridized carbons (Fsp3) is 0.320. The average Bonchev–Trinajstić information content (AvgIpc) is 3.33. The first-order chi connectivity index (χ1) is 14.2. The first kappa shape index (κ1) is 18.2. The summed E-state index contributed by atoms with van der Waals surface area (Å²) in [5, 5.41) is 7.18. The quantitative estimate of drug-likeness (QED) is 0.639. The second kappa shape index (κ2) is 7.88. The van der Waals surface area contributed by atoms with Gasteiger partial charge in [0.1, 0.15) is 12.0 Å². The maximum Gasteiger partial charge on any atom is 0.127 e. The summed E-state index contributed by atoms with van der Waals surface area (Å²) >= 11 is 0. The zero-order valence-electron chi connectivity index (χ0n) is 16.9. The molecule has 1 saturated heterocycles. The van der Waals surface area contributed by atoms with Gasteiger partial charge in [-0.25, -0.2) is 4.98 Å². The highest BCUT2D eigenvalue weighted by Gasteiger charge is 2.22. The molecule has 3 heterocycles. The number of rotatable bonds is 5. The lowest BCUT2D eigenvalue weighted by molar-refractivity contribution is 0.260. The lowest BCUT2D eigenvalue weighted by atomic mass is 10.0. The molecule has 5 rings (SSSR count). The highest BCUT2D eigenvalue weighted by Crippen LogP contribution is 2.31. The Morgan fingerprint density at radius 3 is 2.79 bits per heavy atom. The smallest absolute Gasteiger partial charge is 0.127 e. The van der Waals surface area contributed by atoms with E-state index in [2.05, 4.69) is 88.1 Å². The lowest BCUT2D eigenvalue weighted by Crippen LogP contribution is -2.27. The molecule has 2 atom stereocenters. The Kier molecular flexibility index (Phi) is 4.94. The number of fused-ring (bicyclic) bond motifs is 1. The van der Waals surface area contributed by atoms with E-state index in [0.717, 1.165) is 18.8 Å². The van der Waals surface area contributed by atoms with Crippen LogP contribution in [0.4, 0.5) is 11.5 Å². The van der Waals surface area contributed by atoms with E-state index in [-0.39, 0.29) is 6.17 Å². The summed E-state index contributed by atoms with van der Waals surface area (Å²) in [7, 11) is 0. The van der Waals surface area contributed by atoms with Gasteiger partial charge in [0.2, 0.25) is 0 Å². The molecule has 0 radical (unpaired) electrons. The molecule has 0 bridgehead atoms. The third kappa shape index (κ3) is 3.99. The number of nitrogens with zero attached hydrogens (tertiary/aromatic N) is 2. The summed E-state index contributed by atoms with van der Waals surface area (Å²) in [4.78, 5) is 7.12. The molecule has 1 fully saturated rings. The van der Waals surface area contributed by atoms with E-state index in [1.807, 2.05) is 6.20 Å². The Morgan fingerprint density at radius 2 is 1.97 bits per heavy atom. The van der Waals surface area contributed by atoms with Gasteiger partial charge in [-0.15, -0.1) is 0 Å². The van der Waals surface area contributed by atoms with E-state index in [9.17, 15) is 0 Å². The molecule has 1 aromatic heterocycles. The first-order valence-electron chi connectivity index (χ1n) is 10.6. The molecule has 0 amide bonds. The predicted molar refractivity (Wildman–Crippen MR) is 120 cm³/mol. The molecule has 2 unspecified atom stereocenters. The van der Waals surface area contributed by atoms with Gasteiger partial charge in [-0.2, -0.15) is 0 Å². The minimum atomic E-state index is 0.171. The Hall–Kier alpha value is -2.85. The second-order valence-electron chi connectivity index (χ2n) is 8.29. The summed E-state index contributed by atoms with van der Waals surface area (Å²) < 4.78 is 0. The third-order valence-corrected chi connectivity index (χ3v) is 6.19. The fourth-order valence-corrected chi connectivity index (χ4v) is 4.55. The van der Waals surface area contributed by atoms with Crippen LogP contribution in [0.1, 0.15) is 30.9 Å². The van der Waals surface area contributed by atoms with Gasteiger partial charge in [-0.1, -0.05) is 36.4 Å². The van der Waals surface area contributed by atoms with E-state index in [4.69, 9.17) is 0 Å². The van der Waals surface area contributed by atoms with E-state index in [1.54, 1.807) is 0 Å². The van der Waals surface area contributed by atoms with E-state index in [1.165, 1.54) is 47.3 Å². The molecular formula is C25H28N4. The third-order valence-electron chi connectivity index (χ3n) is 6.19. The van der Waals surface area contributed by atoms with Crippen molar-refractivity contribution in [1.29, 1.82) is 0 Å². The number of anilines is 2. The van der Waals surface area contributed by atoms with Crippen molar-refractivity contribution >= 4 is 11.5 Å². The lowest BCUT2D eigenvalue weighted by Gasteiger charge is -2.21. The number of benzene rings is 2. The van der Waals surface area contributed by atoms with Crippen LogP contribution in [0.2, 0.25) is 0 Å². The van der Waals surface area contributed by atoms with Crippen molar-refractivity contribution in [3.63, 3.8) is 0 Å². The van der Waals surface area contributed by atoms with Gasteiger partial charge in [0.25, 0.3) is 0 Å². The normalized spacial score (nSPS) is 21.0. The maximum absolute atomic E-state index is 4.55. The maximum atomic E-state index is 4.55. The highest BCUT2D eigenvalue weighted by molar-refractivity contribution is 5.70. The number of likely N-dealkylation sites (tertiary alicyclic amines) is 1. The predicted octanol–water partition coefficient (Wildman–Crippen LogP) is 5.14. The van der Waals surface area contributed by atoms with E-state index in [0.29, 0.717) is 6.04 Å². The van der Waals surface area contributed by atoms with Gasteiger partial charge >= 0.3 is 0 Å². The monoisotopic (exact) mass is 384 g/mol. The van der Waals surface area contributed by atoms with Crippen LogP contribution in [0.3, 0.4) is 0 Å². The SMILES string of the molecule is CC1CCCN1Cc1ccnc(NC2Cc3cc(-c4ccccc4)ccc3N2)c1. The standard InChI is InChI=1S/C25H28N4/c1-18-6-5-13-29(18)17-19-11-12-26-24(14-19)28-25-16-22-15-21(9-10-23(22)27-25)20-7-3-2-4-8-20/h2-4,7-12,14-15,18,25,27H,5-6,13,16-17H2,1H3,(H,26,28). The minimum absolute atomic E-state index is 0.171. The number of aromatic nitrogens is 1. The van der Waals surface area contributed by atoms with Crippen LogP contribution >= 0.6 is 0 Å². The van der Waals surface area contributed by atoms with Gasteiger partial charge in [-0.3, -0.25) is 4.90 Å². The molecule has 3 aromatic rings. The fourth-order valence-electron chi connectivity index (χ4n) is 4.55. The second-order valence-corrected chi connectivity index (χ2v) is 8.29. The number of hydrogen-bond donors (Lipinski definition) is 2. The van der Waals surface area contributed by atoms with Crippen molar-refractivity contribution in [1.82, 2.24) is 9.88 Å². The van der Waals surface area contributed by atoms with Gasteiger partial charge < -0.3 is 10.6 Å². The summed E-state index contributed by atoms with van der Waals surface area (Å²) in [5.41, 5.74) is 6.43. The van der Waals surface area contributed by atoms with Crippen LogP contribution in [0.15, 0.2) is 66.9 Å². The molecule has 2 aliphatic rings. The van der Waals surface area contributed by atoms with Crippen LogP contribution < -0.4 is 10.6 Å². The molecule has 4 heteroatoms. The molecule has 2 aromatic carbocycles. The highest BCUT2D eigenvalue weighted by atomic mass is 15.2. The van der Waals surface area contributed by atoms with Crippen molar-refractivity contribution in [2.24, 2.45) is 0 Å². The Labute approximate surface area is 173 Å². The molecule has 2 aliphatic heterocycles. The zero-order valence-corrected chi connectivity index (χ0v) is 16.9. The van der Waals surface area contributed by atoms with E-state index >= 15 is 0 Å². The largest absolute Gasteiger partial charge is 0.365 e. The molecule has 29 heavy (non-hydrogen) atoms. The van der Waals surface area contributed by atoms with Gasteiger partial charge in [0, 0.05) is 30.9 Å². The molecule has 4 nitrogen and oxygen atoms in total. The average molecular weight is 385 g/mol. The van der Waals surface area contributed by atoms with Crippen molar-refractivity contribution in [3.8, 4) is 11.1 Å². The zero-order chi connectivity index (χ0) is 19.6. The molecule has 0 spiro atoms. The summed E-state index contributed by atoms with van der Waals surface area (Å²) in [6.07, 6.45) is 5.67. The van der Waals surface area contributed by atoms with Gasteiger partial charge in [0.15, 0.2) is 0 Å². The van der Waals surface area contributed by atoms with E-state index < -0.39 is 0 Å². The van der Waals surface area contributed by atoms with Crippen LogP contribution in [0.25, 0.3) is 11.1 Å². The minimum Gasteiger partial charge on any atom is -0.365 e. The Bertz CT molecular complexity index is 985. The molecule has 2 N–H and O–H groups in total. The molecular weight excluding hydrogens is 356 g/mol. The number of hydrogen-bond acceptors (Lipinski definition) is 4. The molecule has 0 saturated carbocycles. The molecule has 148 valence electrons. The van der Waals surface area contributed by atoms with Crippen molar-refractivity contribution in [2.45, 2.75) is 44.9 Å². The van der Waals surface area contributed by atoms with Crippen LogP contribution in [0, 0.1) is 0 Å². The van der Waals surface area contributed by atoms with Gasteiger partial charge in [-0.05, 0) is 72.8 Å². The van der Waals surface area contributed by atoms with Crippen LogP contribution in [-0.2, 0) is 13.0 Å². The van der Waals surface area contributed by atoms with Crippen molar-refractivity contribution in [3.05, 3.63) is 78.0 Å². The Balaban J connectivity index is 1.26. The van der Waals surface area contributed by atoms with Gasteiger partial charge in [0.05, 0.1) is 0 Å². The first-order valence-corrected chi connectivity index (χ1v) is 10.6. The summed E-state index contributed by atoms with van der Waals surface area (Å²) in [6, 6.07) is 22.3. The Morgan fingerprint density at radius 1 is 1.07 bits per heavy atom. The summed E-state index contributed by atoms with van der Waals surface area (Å²) in [6.45, 7) is 4.54. The molecule has 0 aliphatic carbocycles. The summed E-state index contributed by atoms with van der Waals surface area (Å²) in [5.74, 6) is 0.947. The van der Waals surface area contributed by atoms with Crippen molar-refractivity contribution in [2.75, 3.05) is 17.2 Å². The number of pyridine rings is 1. The van der Waals surface area contributed by atoms with Crippen LogP contribution in [0.5, 0.6) is 0 Å². The van der Waals surface area contributed by atoms with Crippen molar-refractivity contribution < 1.29 is 0 Å². The van der Waals surface area contributed by atoms with Crippen LogP contribution in [-0.4, -0.2) is 28.6 Å². The topological polar surface area (TPSA) is 40.2 Å². The number of nitrogens with one attached hydrogen (secondary N) is 2.